The van der Waals surface area contributed by atoms with E-state index in [9.17, 15) is 4.79 Å². The van der Waals surface area contributed by atoms with Gasteiger partial charge in [0.1, 0.15) is 0 Å². The Bertz CT molecular complexity index is 603. The fourth-order valence-electron chi connectivity index (χ4n) is 2.26. The van der Waals surface area contributed by atoms with Gasteiger partial charge in [-0.1, -0.05) is 48.9 Å². The Morgan fingerprint density at radius 3 is 2.30 bits per heavy atom. The molecule has 2 aromatic rings. The van der Waals surface area contributed by atoms with Crippen LogP contribution in [0.1, 0.15) is 40.4 Å². The van der Waals surface area contributed by atoms with Crippen LogP contribution >= 0.6 is 0 Å². The molecule has 3 nitrogen and oxygen atoms in total. The third-order valence-electron chi connectivity index (χ3n) is 3.78. The molecule has 0 bridgehead atoms. The van der Waals surface area contributed by atoms with E-state index in [0.717, 1.165) is 31.5 Å². The average Bonchev–Trinajstić information content (AvgIpc) is 2.59. The van der Waals surface area contributed by atoms with E-state index in [2.05, 4.69) is 36.5 Å². The molecule has 2 rings (SSSR count). The van der Waals surface area contributed by atoms with Crippen LogP contribution in [-0.2, 0) is 17.7 Å². The molecule has 2 aromatic carbocycles. The summed E-state index contributed by atoms with van der Waals surface area (Å²) in [5, 5.41) is 3.37. The predicted octanol–water partition coefficient (Wildman–Crippen LogP) is 3.89. The van der Waals surface area contributed by atoms with Gasteiger partial charge in [0, 0.05) is 6.54 Å². The lowest BCUT2D eigenvalue weighted by atomic mass is 10.1. The molecule has 0 aliphatic carbocycles. The first-order valence-corrected chi connectivity index (χ1v) is 8.21. The monoisotopic (exact) mass is 311 g/mol. The van der Waals surface area contributed by atoms with Crippen LogP contribution in [0.4, 0.5) is 0 Å². The molecule has 0 heterocycles. The van der Waals surface area contributed by atoms with Crippen LogP contribution in [0, 0.1) is 6.92 Å². The minimum absolute atomic E-state index is 0.250. The van der Waals surface area contributed by atoms with Gasteiger partial charge in [-0.15, -0.1) is 0 Å². The van der Waals surface area contributed by atoms with E-state index in [1.165, 1.54) is 11.1 Å². The van der Waals surface area contributed by atoms with Gasteiger partial charge in [0.15, 0.2) is 0 Å². The van der Waals surface area contributed by atoms with Crippen LogP contribution in [0.25, 0.3) is 0 Å². The molecule has 0 spiro atoms. The molecule has 0 unspecified atom stereocenters. The van der Waals surface area contributed by atoms with Gasteiger partial charge in [-0.3, -0.25) is 0 Å². The van der Waals surface area contributed by atoms with Crippen LogP contribution in [0.15, 0.2) is 48.5 Å². The molecule has 0 aliphatic rings. The fraction of sp³-hybridized carbons (Fsp3) is 0.350. The molecule has 0 aromatic heterocycles. The standard InChI is InChI=1S/C20H25NO2/c1-3-17-7-9-18(10-8-17)15-21-13-4-14-23-20(22)19-11-5-16(2)6-12-19/h5-12,21H,3-4,13-15H2,1-2H3. The van der Waals surface area contributed by atoms with E-state index in [1.807, 2.05) is 19.1 Å². The lowest BCUT2D eigenvalue weighted by molar-refractivity contribution is 0.0500. The zero-order valence-electron chi connectivity index (χ0n) is 14.0. The average molecular weight is 311 g/mol. The maximum Gasteiger partial charge on any atom is 0.338 e. The predicted molar refractivity (Wildman–Crippen MR) is 93.6 cm³/mol. The van der Waals surface area contributed by atoms with Gasteiger partial charge in [0.2, 0.25) is 0 Å². The Morgan fingerprint density at radius 1 is 1.00 bits per heavy atom. The van der Waals surface area contributed by atoms with Crippen molar-refractivity contribution in [3.63, 3.8) is 0 Å². The van der Waals surface area contributed by atoms with Crippen molar-refractivity contribution in [1.82, 2.24) is 5.32 Å². The maximum atomic E-state index is 11.8. The van der Waals surface area contributed by atoms with Crippen LogP contribution in [-0.4, -0.2) is 19.1 Å². The molecular weight excluding hydrogens is 286 g/mol. The molecular formula is C20H25NO2. The third kappa shape index (κ3) is 5.87. The first kappa shape index (κ1) is 17.2. The first-order valence-electron chi connectivity index (χ1n) is 8.21. The molecule has 3 heteroatoms. The summed E-state index contributed by atoms with van der Waals surface area (Å²) >= 11 is 0. The molecule has 0 saturated heterocycles. The van der Waals surface area contributed by atoms with Crippen LogP contribution < -0.4 is 5.32 Å². The summed E-state index contributed by atoms with van der Waals surface area (Å²) in [5.74, 6) is -0.250. The SMILES string of the molecule is CCc1ccc(CNCCCOC(=O)c2ccc(C)cc2)cc1. The Balaban J connectivity index is 1.60. The Kier molecular flexibility index (Phi) is 6.82. The summed E-state index contributed by atoms with van der Waals surface area (Å²) in [4.78, 5) is 11.8. The van der Waals surface area contributed by atoms with Gasteiger partial charge in [0.25, 0.3) is 0 Å². The Morgan fingerprint density at radius 2 is 1.65 bits per heavy atom. The number of aryl methyl sites for hydroxylation is 2. The van der Waals surface area contributed by atoms with Gasteiger partial charge < -0.3 is 10.1 Å². The van der Waals surface area contributed by atoms with Gasteiger partial charge in [-0.2, -0.15) is 0 Å². The number of carbonyl (C=O) groups is 1. The number of nitrogens with one attached hydrogen (secondary N) is 1. The second-order valence-electron chi connectivity index (χ2n) is 5.70. The normalized spacial score (nSPS) is 10.5. The van der Waals surface area contributed by atoms with Crippen LogP contribution in [0.2, 0.25) is 0 Å². The van der Waals surface area contributed by atoms with Gasteiger partial charge in [-0.05, 0) is 49.6 Å². The molecule has 1 N–H and O–H groups in total. The largest absolute Gasteiger partial charge is 0.462 e. The number of carbonyl (C=O) groups excluding carboxylic acids is 1. The molecule has 0 amide bonds. The van der Waals surface area contributed by atoms with Gasteiger partial charge in [-0.25, -0.2) is 4.79 Å². The van der Waals surface area contributed by atoms with Crippen LogP contribution in [0.3, 0.4) is 0 Å². The van der Waals surface area contributed by atoms with Crippen molar-refractivity contribution in [3.8, 4) is 0 Å². The van der Waals surface area contributed by atoms with E-state index >= 15 is 0 Å². The lowest BCUT2D eigenvalue weighted by Gasteiger charge is -2.07. The highest BCUT2D eigenvalue weighted by atomic mass is 16.5. The zero-order chi connectivity index (χ0) is 16.5. The van der Waals surface area contributed by atoms with Crippen molar-refractivity contribution in [2.75, 3.05) is 13.2 Å². The van der Waals surface area contributed by atoms with E-state index in [1.54, 1.807) is 12.1 Å². The smallest absolute Gasteiger partial charge is 0.338 e. The minimum atomic E-state index is -0.250. The summed E-state index contributed by atoms with van der Waals surface area (Å²) in [5.41, 5.74) is 4.38. The summed E-state index contributed by atoms with van der Waals surface area (Å²) in [6.07, 6.45) is 1.88. The number of hydrogen-bond donors (Lipinski definition) is 1. The van der Waals surface area contributed by atoms with Crippen molar-refractivity contribution in [2.45, 2.75) is 33.2 Å². The third-order valence-corrected chi connectivity index (χ3v) is 3.78. The van der Waals surface area contributed by atoms with E-state index in [-0.39, 0.29) is 5.97 Å². The zero-order valence-corrected chi connectivity index (χ0v) is 14.0. The molecule has 0 saturated carbocycles. The molecule has 23 heavy (non-hydrogen) atoms. The van der Waals surface area contributed by atoms with Gasteiger partial charge in [0.05, 0.1) is 12.2 Å². The maximum absolute atomic E-state index is 11.8. The number of esters is 1. The van der Waals surface area contributed by atoms with Crippen molar-refractivity contribution in [3.05, 3.63) is 70.8 Å². The fourth-order valence-corrected chi connectivity index (χ4v) is 2.26. The van der Waals surface area contributed by atoms with Crippen molar-refractivity contribution in [2.24, 2.45) is 0 Å². The first-order chi connectivity index (χ1) is 11.2. The highest BCUT2D eigenvalue weighted by Gasteiger charge is 2.05. The Labute approximate surface area is 138 Å². The van der Waals surface area contributed by atoms with Crippen LogP contribution in [0.5, 0.6) is 0 Å². The summed E-state index contributed by atoms with van der Waals surface area (Å²) < 4.78 is 5.27. The minimum Gasteiger partial charge on any atom is -0.462 e. The second kappa shape index (κ2) is 9.11. The number of hydrogen-bond acceptors (Lipinski definition) is 3. The summed E-state index contributed by atoms with van der Waals surface area (Å²) in [7, 11) is 0. The van der Waals surface area contributed by atoms with Crippen molar-refractivity contribution in [1.29, 1.82) is 0 Å². The summed E-state index contributed by atoms with van der Waals surface area (Å²) in [6, 6.07) is 16.1. The van der Waals surface area contributed by atoms with E-state index in [0.29, 0.717) is 12.2 Å². The second-order valence-corrected chi connectivity index (χ2v) is 5.70. The van der Waals surface area contributed by atoms with Gasteiger partial charge >= 0.3 is 5.97 Å². The number of rotatable bonds is 8. The molecule has 122 valence electrons. The number of ether oxygens (including phenoxy) is 1. The highest BCUT2D eigenvalue weighted by molar-refractivity contribution is 5.89. The summed E-state index contributed by atoms with van der Waals surface area (Å²) in [6.45, 7) is 6.27. The van der Waals surface area contributed by atoms with Crippen molar-refractivity contribution >= 4 is 5.97 Å². The molecule has 0 fully saturated rings. The quantitative estimate of drug-likeness (QED) is 0.593. The van der Waals surface area contributed by atoms with E-state index in [4.69, 9.17) is 4.74 Å². The lowest BCUT2D eigenvalue weighted by Crippen LogP contribution is -2.17. The van der Waals surface area contributed by atoms with E-state index < -0.39 is 0 Å². The Hall–Kier alpha value is -2.13. The number of benzene rings is 2. The van der Waals surface area contributed by atoms with Crippen molar-refractivity contribution < 1.29 is 9.53 Å². The molecule has 0 aliphatic heterocycles. The molecule has 0 atom stereocenters. The topological polar surface area (TPSA) is 38.3 Å². The molecule has 0 radical (unpaired) electrons. The highest BCUT2D eigenvalue weighted by Crippen LogP contribution is 2.06.